The van der Waals surface area contributed by atoms with E-state index in [9.17, 15) is 0 Å². The molecule has 0 unspecified atom stereocenters. The lowest BCUT2D eigenvalue weighted by atomic mass is 9.97. The molecule has 5 rings (SSSR count). The molecule has 0 N–H and O–H groups in total. The normalized spacial score (nSPS) is 11.6. The summed E-state index contributed by atoms with van der Waals surface area (Å²) in [5, 5.41) is 5.24. The van der Waals surface area contributed by atoms with Crippen molar-refractivity contribution in [2.24, 2.45) is 0 Å². The molecule has 0 amide bonds. The molecule has 0 saturated carbocycles. The molecule has 120 valence electrons. The second kappa shape index (κ2) is 5.62. The second-order valence-corrected chi connectivity index (χ2v) is 7.36. The Morgan fingerprint density at radius 3 is 2.48 bits per heavy atom. The molecular weight excluding hydrogens is 396 g/mol. The van der Waals surface area contributed by atoms with Gasteiger partial charge in [-0.3, -0.25) is 0 Å². The monoisotopic (exact) mass is 406 g/mol. The summed E-state index contributed by atoms with van der Waals surface area (Å²) >= 11 is 9.90. The van der Waals surface area contributed by atoms with Crippen LogP contribution in [0.3, 0.4) is 0 Å². The van der Waals surface area contributed by atoms with Crippen LogP contribution in [-0.2, 0) is 0 Å². The fourth-order valence-corrected chi connectivity index (χ4v) is 4.23. The number of furan rings is 1. The molecule has 1 heterocycles. The quantitative estimate of drug-likeness (QED) is 0.276. The van der Waals surface area contributed by atoms with E-state index in [-0.39, 0.29) is 0 Å². The third kappa shape index (κ3) is 2.29. The number of para-hydroxylation sites is 1. The molecule has 0 aliphatic heterocycles. The van der Waals surface area contributed by atoms with E-state index in [4.69, 9.17) is 16.0 Å². The van der Waals surface area contributed by atoms with Crippen molar-refractivity contribution >= 4 is 60.2 Å². The Hall–Kier alpha value is -2.29. The van der Waals surface area contributed by atoms with Crippen molar-refractivity contribution in [2.45, 2.75) is 0 Å². The molecule has 0 aliphatic carbocycles. The van der Waals surface area contributed by atoms with Crippen molar-refractivity contribution in [3.8, 4) is 11.1 Å². The fourth-order valence-electron chi connectivity index (χ4n) is 3.50. The second-order valence-electron chi connectivity index (χ2n) is 6.07. The molecule has 4 aromatic carbocycles. The maximum absolute atomic E-state index is 6.25. The molecule has 5 aromatic rings. The largest absolute Gasteiger partial charge is 0.455 e. The number of hydrogen-bond donors (Lipinski definition) is 0. The van der Waals surface area contributed by atoms with Gasteiger partial charge in [-0.15, -0.1) is 0 Å². The Kier molecular flexibility index (Phi) is 3.37. The number of fused-ring (bicyclic) bond motifs is 4. The van der Waals surface area contributed by atoms with Crippen LogP contribution in [0.25, 0.3) is 43.8 Å². The van der Waals surface area contributed by atoms with Crippen LogP contribution in [-0.4, -0.2) is 0 Å². The molecule has 0 radical (unpaired) electrons. The SMILES string of the molecule is Clc1ccc2cccc(-c3cccc4c3oc3cccc(Br)c34)c2c1. The lowest BCUT2D eigenvalue weighted by molar-refractivity contribution is 0.670. The molecule has 1 aromatic heterocycles. The van der Waals surface area contributed by atoms with Gasteiger partial charge in [-0.05, 0) is 40.6 Å². The lowest BCUT2D eigenvalue weighted by Crippen LogP contribution is -1.82. The minimum atomic E-state index is 0.736. The highest BCUT2D eigenvalue weighted by atomic mass is 79.9. The van der Waals surface area contributed by atoms with E-state index < -0.39 is 0 Å². The van der Waals surface area contributed by atoms with Crippen molar-refractivity contribution in [3.63, 3.8) is 0 Å². The minimum absolute atomic E-state index is 0.736. The third-order valence-corrected chi connectivity index (χ3v) is 5.50. The van der Waals surface area contributed by atoms with Crippen molar-refractivity contribution in [1.82, 2.24) is 0 Å². The standard InChI is InChI=1S/C22H12BrClO/c23-19-8-3-9-20-21(19)17-7-2-6-16(22(17)25-20)15-5-1-4-13-10-11-14(24)12-18(13)15/h1-12H. The highest BCUT2D eigenvalue weighted by molar-refractivity contribution is 9.10. The summed E-state index contributed by atoms with van der Waals surface area (Å²) in [6.45, 7) is 0. The molecular formula is C22H12BrClO. The molecule has 0 fully saturated rings. The van der Waals surface area contributed by atoms with E-state index in [1.165, 1.54) is 0 Å². The zero-order chi connectivity index (χ0) is 17.0. The highest BCUT2D eigenvalue weighted by Crippen LogP contribution is 2.40. The molecule has 0 aliphatic rings. The first-order valence-electron chi connectivity index (χ1n) is 8.01. The van der Waals surface area contributed by atoms with Gasteiger partial charge in [0, 0.05) is 25.8 Å². The van der Waals surface area contributed by atoms with Crippen molar-refractivity contribution in [2.75, 3.05) is 0 Å². The van der Waals surface area contributed by atoms with Crippen LogP contribution >= 0.6 is 27.5 Å². The van der Waals surface area contributed by atoms with Crippen LogP contribution in [0.5, 0.6) is 0 Å². The molecule has 3 heteroatoms. The van der Waals surface area contributed by atoms with Crippen molar-refractivity contribution in [3.05, 3.63) is 82.3 Å². The van der Waals surface area contributed by atoms with Gasteiger partial charge in [0.15, 0.2) is 0 Å². The molecule has 25 heavy (non-hydrogen) atoms. The fraction of sp³-hybridized carbons (Fsp3) is 0. The average molecular weight is 408 g/mol. The van der Waals surface area contributed by atoms with E-state index in [0.29, 0.717) is 0 Å². The predicted octanol–water partition coefficient (Wildman–Crippen LogP) is 7.82. The van der Waals surface area contributed by atoms with E-state index in [1.54, 1.807) is 0 Å². The first-order valence-corrected chi connectivity index (χ1v) is 9.18. The summed E-state index contributed by atoms with van der Waals surface area (Å²) < 4.78 is 7.28. The van der Waals surface area contributed by atoms with Gasteiger partial charge in [-0.2, -0.15) is 0 Å². The minimum Gasteiger partial charge on any atom is -0.455 e. The zero-order valence-corrected chi connectivity index (χ0v) is 15.4. The van der Waals surface area contributed by atoms with Gasteiger partial charge in [-0.25, -0.2) is 0 Å². The smallest absolute Gasteiger partial charge is 0.143 e. The lowest BCUT2D eigenvalue weighted by Gasteiger charge is -2.08. The summed E-state index contributed by atoms with van der Waals surface area (Å²) in [7, 11) is 0. The number of rotatable bonds is 1. The van der Waals surface area contributed by atoms with Crippen LogP contribution in [0.1, 0.15) is 0 Å². The van der Waals surface area contributed by atoms with Gasteiger partial charge in [0.05, 0.1) is 0 Å². The Bertz CT molecular complexity index is 1270. The van der Waals surface area contributed by atoms with Gasteiger partial charge < -0.3 is 4.42 Å². The van der Waals surface area contributed by atoms with Crippen LogP contribution in [0.15, 0.2) is 81.7 Å². The first kappa shape index (κ1) is 15.0. The van der Waals surface area contributed by atoms with E-state index in [1.807, 2.05) is 30.3 Å². The van der Waals surface area contributed by atoms with Crippen LogP contribution < -0.4 is 0 Å². The van der Waals surface area contributed by atoms with Crippen LogP contribution in [0, 0.1) is 0 Å². The average Bonchev–Trinajstić information content (AvgIpc) is 3.01. The molecule has 0 atom stereocenters. The topological polar surface area (TPSA) is 13.1 Å². The van der Waals surface area contributed by atoms with Crippen molar-refractivity contribution < 1.29 is 4.42 Å². The summed E-state index contributed by atoms with van der Waals surface area (Å²) in [5.41, 5.74) is 3.99. The number of halogens is 2. The molecule has 0 bridgehead atoms. The Morgan fingerprint density at radius 1 is 0.760 bits per heavy atom. The summed E-state index contributed by atoms with van der Waals surface area (Å²) in [6.07, 6.45) is 0. The van der Waals surface area contributed by atoms with E-state index >= 15 is 0 Å². The van der Waals surface area contributed by atoms with Crippen LogP contribution in [0.2, 0.25) is 5.02 Å². The predicted molar refractivity (Wildman–Crippen MR) is 109 cm³/mol. The Labute approximate surface area is 157 Å². The van der Waals surface area contributed by atoms with Gasteiger partial charge in [0.1, 0.15) is 11.2 Å². The summed E-state index contributed by atoms with van der Waals surface area (Å²) in [5.74, 6) is 0. The summed E-state index contributed by atoms with van der Waals surface area (Å²) in [4.78, 5) is 0. The first-order chi connectivity index (χ1) is 12.2. The highest BCUT2D eigenvalue weighted by Gasteiger charge is 2.15. The number of benzene rings is 4. The van der Waals surface area contributed by atoms with E-state index in [2.05, 4.69) is 58.4 Å². The molecule has 1 nitrogen and oxygen atoms in total. The zero-order valence-electron chi connectivity index (χ0n) is 13.1. The van der Waals surface area contributed by atoms with Gasteiger partial charge in [-0.1, -0.05) is 76.1 Å². The Balaban J connectivity index is 1.92. The number of hydrogen-bond acceptors (Lipinski definition) is 1. The van der Waals surface area contributed by atoms with Gasteiger partial charge in [0.2, 0.25) is 0 Å². The van der Waals surface area contributed by atoms with Gasteiger partial charge >= 0.3 is 0 Å². The molecule has 0 saturated heterocycles. The van der Waals surface area contributed by atoms with Crippen LogP contribution in [0.4, 0.5) is 0 Å². The van der Waals surface area contributed by atoms with Gasteiger partial charge in [0.25, 0.3) is 0 Å². The Morgan fingerprint density at radius 2 is 1.56 bits per heavy atom. The van der Waals surface area contributed by atoms with Crippen molar-refractivity contribution in [1.29, 1.82) is 0 Å². The van der Waals surface area contributed by atoms with E-state index in [0.717, 1.165) is 53.3 Å². The maximum atomic E-state index is 6.25. The third-order valence-electron chi connectivity index (χ3n) is 4.61. The summed E-state index contributed by atoms with van der Waals surface area (Å²) in [6, 6.07) is 24.6. The molecule has 0 spiro atoms. The maximum Gasteiger partial charge on any atom is 0.143 e.